The Morgan fingerprint density at radius 1 is 0.952 bits per heavy atom. The first-order chi connectivity index (χ1) is 20.4. The van der Waals surface area contributed by atoms with Crippen molar-refractivity contribution in [1.29, 1.82) is 0 Å². The van der Waals surface area contributed by atoms with Gasteiger partial charge in [-0.05, 0) is 66.2 Å². The van der Waals surface area contributed by atoms with E-state index in [1.165, 1.54) is 29.9 Å². The lowest BCUT2D eigenvalue weighted by Crippen LogP contribution is -2.26. The molecule has 6 N–H and O–H groups in total. The summed E-state index contributed by atoms with van der Waals surface area (Å²) in [5.41, 5.74) is 1.57. The maximum Gasteiger partial charge on any atom is 0.405 e. The molecule has 42 heavy (non-hydrogen) atoms. The number of nitrogens with one attached hydrogen (secondary N) is 3. The van der Waals surface area contributed by atoms with E-state index in [4.69, 9.17) is 4.74 Å². The topological polar surface area (TPSA) is 144 Å². The minimum Gasteiger partial charge on any atom is -0.506 e. The van der Waals surface area contributed by atoms with Crippen LogP contribution in [0.15, 0.2) is 70.8 Å². The van der Waals surface area contributed by atoms with Gasteiger partial charge in [-0.1, -0.05) is 56.4 Å². The van der Waals surface area contributed by atoms with Crippen molar-refractivity contribution >= 4 is 28.3 Å². The summed E-state index contributed by atoms with van der Waals surface area (Å²) in [4.78, 5) is 26.4. The molecule has 0 bridgehead atoms. The van der Waals surface area contributed by atoms with Crippen LogP contribution in [0.3, 0.4) is 0 Å². The number of aromatic nitrogens is 1. The van der Waals surface area contributed by atoms with Crippen molar-refractivity contribution in [2.75, 3.05) is 19.7 Å². The Labute approximate surface area is 249 Å². The molecule has 224 valence electrons. The van der Waals surface area contributed by atoms with Crippen LogP contribution >= 0.6 is 11.3 Å². The molecule has 2 aromatic carbocycles. The van der Waals surface area contributed by atoms with E-state index in [-0.39, 0.29) is 11.3 Å². The fourth-order valence-corrected chi connectivity index (χ4v) is 5.81. The van der Waals surface area contributed by atoms with Crippen LogP contribution in [-0.4, -0.2) is 46.1 Å². The minimum atomic E-state index is -1.06. The molecule has 1 amide bonds. The monoisotopic (exact) mass is 593 g/mol. The van der Waals surface area contributed by atoms with Gasteiger partial charge in [0.15, 0.2) is 0 Å². The highest BCUT2D eigenvalue weighted by molar-refractivity contribution is 7.10. The summed E-state index contributed by atoms with van der Waals surface area (Å²) < 4.78 is 5.95. The number of amides is 1. The van der Waals surface area contributed by atoms with Crippen LogP contribution in [0.25, 0.3) is 10.9 Å². The lowest BCUT2D eigenvalue weighted by molar-refractivity contribution is 0.176. The summed E-state index contributed by atoms with van der Waals surface area (Å²) in [6.07, 6.45) is 5.86. The summed E-state index contributed by atoms with van der Waals surface area (Å²) in [6, 6.07) is 17.2. The van der Waals surface area contributed by atoms with E-state index in [2.05, 4.69) is 15.6 Å². The molecule has 0 spiro atoms. The van der Waals surface area contributed by atoms with Crippen molar-refractivity contribution in [3.63, 3.8) is 0 Å². The number of carbonyl (C=O) groups is 1. The number of aromatic amines is 1. The zero-order chi connectivity index (χ0) is 29.7. The van der Waals surface area contributed by atoms with Gasteiger partial charge in [-0.25, -0.2) is 4.79 Å². The van der Waals surface area contributed by atoms with Crippen LogP contribution < -0.4 is 20.9 Å². The van der Waals surface area contributed by atoms with Crippen molar-refractivity contribution in [1.82, 2.24) is 15.6 Å². The molecule has 0 aliphatic carbocycles. The van der Waals surface area contributed by atoms with Gasteiger partial charge < -0.3 is 35.7 Å². The fourth-order valence-electron chi connectivity index (χ4n) is 5.01. The van der Waals surface area contributed by atoms with Crippen molar-refractivity contribution in [3.05, 3.63) is 92.4 Å². The molecule has 0 saturated heterocycles. The molecule has 2 aromatic heterocycles. The summed E-state index contributed by atoms with van der Waals surface area (Å²) in [5.74, 6) is 0.729. The number of carboxylic acid groups (broad SMARTS) is 1. The number of pyridine rings is 1. The van der Waals surface area contributed by atoms with Gasteiger partial charge in [-0.3, -0.25) is 4.79 Å². The molecule has 0 aliphatic heterocycles. The molecular weight excluding hydrogens is 554 g/mol. The van der Waals surface area contributed by atoms with Gasteiger partial charge in [0, 0.05) is 22.9 Å². The van der Waals surface area contributed by atoms with Gasteiger partial charge in [0.05, 0.1) is 24.3 Å². The zero-order valence-corrected chi connectivity index (χ0v) is 24.4. The molecule has 9 nitrogen and oxygen atoms in total. The lowest BCUT2D eigenvalue weighted by atomic mass is 10.0. The molecule has 4 rings (SSSR count). The van der Waals surface area contributed by atoms with Gasteiger partial charge in [-0.2, -0.15) is 0 Å². The number of phenols is 1. The molecule has 2 atom stereocenters. The van der Waals surface area contributed by atoms with Crippen LogP contribution in [-0.2, 0) is 0 Å². The minimum absolute atomic E-state index is 0.0141. The smallest absolute Gasteiger partial charge is 0.405 e. The van der Waals surface area contributed by atoms with Crippen molar-refractivity contribution in [3.8, 4) is 11.5 Å². The Morgan fingerprint density at radius 2 is 1.74 bits per heavy atom. The Balaban J connectivity index is 1.06. The number of aromatic hydroxyl groups is 1. The summed E-state index contributed by atoms with van der Waals surface area (Å²) in [7, 11) is 0. The standard InChI is InChI=1S/C32H39N3O6S/c36-26-15-13-24(25-14-16-29(38)34-31(25)26)27(37)21-33-17-6-4-2-1-3-5-7-18-41-23-11-8-10-22(20-23)30(35-32(39)40)28-12-9-19-42-28/h8-16,19-20,27,30,33,35-37H,1-7,17-18,21H2,(H,34,38)(H,39,40). The molecular formula is C32H39N3O6S. The molecule has 2 heterocycles. The second-order valence-electron chi connectivity index (χ2n) is 10.3. The number of aliphatic hydroxyl groups excluding tert-OH is 1. The third kappa shape index (κ3) is 9.07. The highest BCUT2D eigenvalue weighted by Gasteiger charge is 2.18. The quantitative estimate of drug-likeness (QED) is 0.0814. The summed E-state index contributed by atoms with van der Waals surface area (Å²) >= 11 is 1.51. The predicted molar refractivity (Wildman–Crippen MR) is 166 cm³/mol. The van der Waals surface area contributed by atoms with Crippen molar-refractivity contribution in [2.45, 2.75) is 57.1 Å². The molecule has 0 radical (unpaired) electrons. The van der Waals surface area contributed by atoms with Crippen LogP contribution in [0.1, 0.15) is 73.1 Å². The third-order valence-electron chi connectivity index (χ3n) is 7.16. The van der Waals surface area contributed by atoms with E-state index in [0.717, 1.165) is 61.3 Å². The van der Waals surface area contributed by atoms with E-state index in [1.807, 2.05) is 41.8 Å². The number of hydrogen-bond donors (Lipinski definition) is 6. The Morgan fingerprint density at radius 3 is 2.50 bits per heavy atom. The largest absolute Gasteiger partial charge is 0.506 e. The number of H-pyrrole nitrogens is 1. The first kappa shape index (κ1) is 31.1. The molecule has 10 heteroatoms. The van der Waals surface area contributed by atoms with E-state index < -0.39 is 18.2 Å². The lowest BCUT2D eigenvalue weighted by Gasteiger charge is -2.17. The molecule has 0 fully saturated rings. The number of benzene rings is 2. The van der Waals surface area contributed by atoms with E-state index in [0.29, 0.717) is 29.6 Å². The third-order valence-corrected chi connectivity index (χ3v) is 8.09. The fraction of sp³-hybridized carbons (Fsp3) is 0.375. The maximum atomic E-state index is 11.6. The van der Waals surface area contributed by atoms with Crippen LogP contribution in [0, 0.1) is 0 Å². The molecule has 0 aliphatic rings. The first-order valence-electron chi connectivity index (χ1n) is 14.4. The zero-order valence-electron chi connectivity index (χ0n) is 23.6. The van der Waals surface area contributed by atoms with Gasteiger partial charge in [0.25, 0.3) is 0 Å². The van der Waals surface area contributed by atoms with E-state index >= 15 is 0 Å². The van der Waals surface area contributed by atoms with Gasteiger partial charge in [0.1, 0.15) is 11.5 Å². The number of ether oxygens (including phenoxy) is 1. The van der Waals surface area contributed by atoms with Crippen LogP contribution in [0.2, 0.25) is 0 Å². The number of rotatable bonds is 17. The van der Waals surface area contributed by atoms with Crippen LogP contribution in [0.5, 0.6) is 11.5 Å². The highest BCUT2D eigenvalue weighted by Crippen LogP contribution is 2.29. The number of hydrogen-bond acceptors (Lipinski definition) is 7. The van der Waals surface area contributed by atoms with Crippen molar-refractivity contribution in [2.24, 2.45) is 0 Å². The number of unbranched alkanes of at least 4 members (excludes halogenated alkanes) is 6. The number of phenolic OH excluding ortho intramolecular Hbond substituents is 1. The number of fused-ring (bicyclic) bond motifs is 1. The molecule has 4 aromatic rings. The highest BCUT2D eigenvalue weighted by atomic mass is 32.1. The second-order valence-corrected chi connectivity index (χ2v) is 11.3. The van der Waals surface area contributed by atoms with Gasteiger partial charge in [-0.15, -0.1) is 11.3 Å². The Bertz CT molecular complexity index is 1470. The Hall–Kier alpha value is -3.86. The average Bonchev–Trinajstić information content (AvgIpc) is 3.52. The maximum absolute atomic E-state index is 11.6. The normalized spacial score (nSPS) is 12.7. The first-order valence-corrected chi connectivity index (χ1v) is 15.3. The van der Waals surface area contributed by atoms with E-state index in [1.54, 1.807) is 12.1 Å². The second kappa shape index (κ2) is 16.0. The molecule has 0 saturated carbocycles. The molecule has 2 unspecified atom stereocenters. The predicted octanol–water partition coefficient (Wildman–Crippen LogP) is 6.08. The number of aliphatic hydroxyl groups is 1. The van der Waals surface area contributed by atoms with Crippen LogP contribution in [0.4, 0.5) is 4.79 Å². The Kier molecular flexibility index (Phi) is 11.8. The summed E-state index contributed by atoms with van der Waals surface area (Å²) in [6.45, 7) is 1.83. The van der Waals surface area contributed by atoms with Gasteiger partial charge >= 0.3 is 6.09 Å². The number of thiophene rings is 1. The van der Waals surface area contributed by atoms with E-state index in [9.17, 15) is 24.9 Å². The summed E-state index contributed by atoms with van der Waals surface area (Å²) in [5, 5.41) is 38.4. The SMILES string of the molecule is O=C(O)NC(c1cccc(OCCCCCCCCCNCC(O)c2ccc(O)c3[nH]c(=O)ccc23)c1)c1cccs1. The average molecular weight is 594 g/mol. The van der Waals surface area contributed by atoms with Gasteiger partial charge in [0.2, 0.25) is 5.56 Å². The van der Waals surface area contributed by atoms with Crippen molar-refractivity contribution < 1.29 is 24.9 Å².